The fraction of sp³-hybridized carbons (Fsp3) is 0.440. The number of piperazine rings is 2. The number of rotatable bonds is 13. The summed E-state index contributed by atoms with van der Waals surface area (Å²) in [6.07, 6.45) is -6.61. The van der Waals surface area contributed by atoms with Crippen molar-refractivity contribution in [3.05, 3.63) is 123 Å². The first-order chi connectivity index (χ1) is 54.6. The van der Waals surface area contributed by atoms with Crippen LogP contribution in [0.25, 0.3) is 0 Å². The number of carbonyl (C=O) groups is 3. The Morgan fingerprint density at radius 2 is 0.748 bits per heavy atom. The quantitative estimate of drug-likeness (QED) is 0.0782. The molecule has 40 heteroatoms. The molecular weight excluding hydrogens is 1570 g/mol. The van der Waals surface area contributed by atoms with Crippen molar-refractivity contribution in [1.29, 1.82) is 0 Å². The van der Waals surface area contributed by atoms with Gasteiger partial charge in [0, 0.05) is 140 Å². The van der Waals surface area contributed by atoms with Crippen molar-refractivity contribution in [1.82, 2.24) is 59.6 Å². The van der Waals surface area contributed by atoms with Crippen molar-refractivity contribution in [2.45, 2.75) is 84.1 Å². The summed E-state index contributed by atoms with van der Waals surface area (Å²) >= 11 is 3.66. The van der Waals surface area contributed by atoms with Crippen LogP contribution in [0.3, 0.4) is 0 Å². The lowest BCUT2D eigenvalue weighted by molar-refractivity contribution is -0.119. The second-order valence-electron chi connectivity index (χ2n) is 29.1. The van der Waals surface area contributed by atoms with Crippen molar-refractivity contribution in [2.24, 2.45) is 0 Å². The van der Waals surface area contributed by atoms with Crippen molar-refractivity contribution < 1.29 is 59.0 Å². The number of aryl methyl sites for hydroxylation is 4. The summed E-state index contributed by atoms with van der Waals surface area (Å²) in [7, 11) is 9.26. The minimum atomic E-state index is -4.62. The number of amides is 3. The number of hydrogen-bond donors (Lipinski definition) is 4. The first-order valence-corrected chi connectivity index (χ1v) is 39.7. The highest BCUT2D eigenvalue weighted by Gasteiger charge is 2.45. The number of aliphatic hydroxyl groups is 1. The van der Waals surface area contributed by atoms with Gasteiger partial charge in [-0.05, 0) is 140 Å². The van der Waals surface area contributed by atoms with Crippen LogP contribution in [-0.2, 0) is 0 Å². The van der Waals surface area contributed by atoms with E-state index in [1.54, 1.807) is 56.6 Å². The van der Waals surface area contributed by atoms with Crippen LogP contribution in [0.4, 0.5) is 141 Å². The Hall–Kier alpha value is -10.4. The molecule has 4 N–H and O–H groups in total. The molecule has 6 aromatic heterocycles. The molecule has 7 aliphatic rings. The zero-order valence-corrected chi connectivity index (χ0v) is 66.8. The standard InChI is InChI=1S/C29H36F3N9OS.C23H25F3N8OS.C23H24F3N7O2S/c1-18-15-21(39-9-7-20(8-10-39)40-13-11-37(3)12-14-40)5-6-22(18)35-28-33-16-23-25(36-28)38(4)27-24(34-19(2)43-27)26(42)41(23)17-29(30,31)32;1-14-28-18-20(35)34(13-23(24,25)26)17-12-27-22(30-19(17)32(3)21(18)36-14)29-15-4-6-16(7-5-15)33-10-8-31(2)9-11-33;1-13-28-18-20(35)33(12-23(24,25)26)17-11-27-22(30-19(17)31(2)21(18)36-13)29-14-3-5-15(6-4-14)32-9-7-16(34)8-10-32/h5-6,15-16,20H,7-14,17H2,1-4H3,(H,33,35,36);4-7,12H,8-11,13H2,1-3H3,(H,27,29,30);3-6,11,16,34H,7-10,12H2,1-2H3,(H,27,29,30). The van der Waals surface area contributed by atoms with Crippen LogP contribution in [0, 0.1) is 27.7 Å². The van der Waals surface area contributed by atoms with Crippen LogP contribution in [0.1, 0.15) is 77.7 Å². The number of likely N-dealkylation sites (N-methyl/N-ethyl adjacent to an activating group) is 2. The minimum Gasteiger partial charge on any atom is -0.393 e. The SMILES string of the molecule is Cc1nc2c(s1)N(C)c1nc(Nc3ccc(N4CCC(N5CCN(C)CC5)CC4)cc3C)ncc1N(CC(F)(F)F)C2=O.Cc1nc2c(s1)N(C)c1nc(Nc3ccc(N4CCC(O)CC4)cc3)ncc1N(CC(F)(F)F)C2=O.Cc1nc2c(s1)N(C)c1nc(Nc3ccc(N4CCN(C)CC4)cc3)ncc1N(CC(F)(F)F)C2=O. The molecule has 0 spiro atoms. The molecule has 115 heavy (non-hydrogen) atoms. The summed E-state index contributed by atoms with van der Waals surface area (Å²) in [5, 5.41) is 22.2. The van der Waals surface area contributed by atoms with Crippen molar-refractivity contribution in [3.8, 4) is 0 Å². The molecule has 0 atom stereocenters. The summed E-state index contributed by atoms with van der Waals surface area (Å²) in [6.45, 7) is 14.7. The lowest BCUT2D eigenvalue weighted by Gasteiger charge is -2.42. The number of halogens is 9. The number of nitrogens with zero attached hydrogens (tertiary/aromatic N) is 21. The molecule has 0 aliphatic carbocycles. The number of hydrogen-bond acceptors (Lipinski definition) is 28. The van der Waals surface area contributed by atoms with Crippen LogP contribution < -0.4 is 60.0 Å². The van der Waals surface area contributed by atoms with E-state index in [2.05, 4.69) is 116 Å². The number of piperidine rings is 2. The Labute approximate surface area is 668 Å². The van der Waals surface area contributed by atoms with Gasteiger partial charge in [0.15, 0.2) is 34.5 Å². The van der Waals surface area contributed by atoms with Gasteiger partial charge in [-0.15, -0.1) is 34.0 Å². The van der Waals surface area contributed by atoms with E-state index in [4.69, 9.17) is 0 Å². The van der Waals surface area contributed by atoms with Gasteiger partial charge in [-0.25, -0.2) is 29.9 Å². The van der Waals surface area contributed by atoms with E-state index in [-0.39, 0.29) is 75.5 Å². The van der Waals surface area contributed by atoms with Crippen LogP contribution in [0.2, 0.25) is 0 Å². The number of aromatic nitrogens is 9. The second kappa shape index (κ2) is 33.1. The lowest BCUT2D eigenvalue weighted by atomic mass is 10.0. The molecule has 0 radical (unpaired) electrons. The Morgan fingerprint density at radius 3 is 1.11 bits per heavy atom. The van der Waals surface area contributed by atoms with Gasteiger partial charge in [-0.1, -0.05) is 0 Å². The van der Waals surface area contributed by atoms with E-state index in [1.807, 2.05) is 61.5 Å². The van der Waals surface area contributed by atoms with E-state index >= 15 is 0 Å². The average molecular weight is 1650 g/mol. The van der Waals surface area contributed by atoms with Crippen LogP contribution >= 0.6 is 34.0 Å². The summed E-state index contributed by atoms with van der Waals surface area (Å²) in [5.74, 6) is -1.37. The lowest BCUT2D eigenvalue weighted by Crippen LogP contribution is -2.52. The van der Waals surface area contributed by atoms with Gasteiger partial charge >= 0.3 is 18.5 Å². The first kappa shape index (κ1) is 81.2. The number of carbonyl (C=O) groups excluding carboxylic acids is 3. The number of thiazole rings is 3. The van der Waals surface area contributed by atoms with E-state index in [0.717, 1.165) is 138 Å². The number of nitrogens with one attached hydrogen (secondary N) is 3. The van der Waals surface area contributed by atoms with Gasteiger partial charge < -0.3 is 60.3 Å². The van der Waals surface area contributed by atoms with Gasteiger partial charge in [-0.3, -0.25) is 34.0 Å². The number of aliphatic hydroxyl groups excluding tert-OH is 1. The second-order valence-corrected chi connectivity index (χ2v) is 32.6. The Kier molecular flexibility index (Phi) is 23.4. The van der Waals surface area contributed by atoms with E-state index in [9.17, 15) is 59.0 Å². The van der Waals surface area contributed by atoms with E-state index in [1.165, 1.54) is 52.6 Å². The van der Waals surface area contributed by atoms with Crippen molar-refractivity contribution in [2.75, 3.05) is 193 Å². The molecule has 4 fully saturated rings. The third-order valence-electron chi connectivity index (χ3n) is 20.8. The molecule has 3 aromatic carbocycles. The molecule has 4 saturated heterocycles. The highest BCUT2D eigenvalue weighted by molar-refractivity contribution is 7.17. The number of fused-ring (bicyclic) bond motifs is 6. The minimum absolute atomic E-state index is 0.0229. The van der Waals surface area contributed by atoms with Crippen LogP contribution in [-0.4, -0.2) is 246 Å². The fourth-order valence-corrected chi connectivity index (χ4v) is 17.3. The topological polar surface area (TPSA) is 262 Å². The van der Waals surface area contributed by atoms with Crippen molar-refractivity contribution in [3.63, 3.8) is 0 Å². The molecule has 13 heterocycles. The van der Waals surface area contributed by atoms with E-state index in [0.29, 0.717) is 56.5 Å². The normalized spacial score (nSPS) is 17.5. The maximum absolute atomic E-state index is 13.5. The van der Waals surface area contributed by atoms with Gasteiger partial charge in [0.25, 0.3) is 17.7 Å². The monoisotopic (exact) mass is 1650 g/mol. The molecule has 16 rings (SSSR count). The van der Waals surface area contributed by atoms with Crippen LogP contribution in [0.15, 0.2) is 85.3 Å². The van der Waals surface area contributed by atoms with Crippen LogP contribution in [0.5, 0.6) is 0 Å². The molecule has 7 aliphatic heterocycles. The van der Waals surface area contributed by atoms with E-state index < -0.39 is 55.9 Å². The summed E-state index contributed by atoms with van der Waals surface area (Å²) < 4.78 is 121. The number of anilines is 18. The Morgan fingerprint density at radius 1 is 0.417 bits per heavy atom. The average Bonchev–Trinajstić information content (AvgIpc) is 1.62. The number of benzene rings is 3. The smallest absolute Gasteiger partial charge is 0.393 e. The molecule has 28 nitrogen and oxygen atoms in total. The maximum Gasteiger partial charge on any atom is 0.406 e. The molecule has 9 aromatic rings. The largest absolute Gasteiger partial charge is 0.406 e. The van der Waals surface area contributed by atoms with Gasteiger partial charge in [0.1, 0.15) is 51.7 Å². The molecule has 610 valence electrons. The third-order valence-corrected chi connectivity index (χ3v) is 23.9. The zero-order chi connectivity index (χ0) is 81.7. The first-order valence-electron chi connectivity index (χ1n) is 37.2. The Balaban J connectivity index is 0.000000143. The summed E-state index contributed by atoms with van der Waals surface area (Å²) in [6, 6.07) is 22.3. The number of alkyl halides is 9. The van der Waals surface area contributed by atoms with Gasteiger partial charge in [-0.2, -0.15) is 54.5 Å². The maximum atomic E-state index is 13.5. The fourth-order valence-electron chi connectivity index (χ4n) is 14.7. The predicted molar refractivity (Wildman–Crippen MR) is 429 cm³/mol. The Bertz CT molecular complexity index is 4820. The van der Waals surface area contributed by atoms with Gasteiger partial charge in [0.05, 0.1) is 39.7 Å². The molecule has 0 unspecified atom stereocenters. The van der Waals surface area contributed by atoms with Crippen molar-refractivity contribution >= 4 is 153 Å². The zero-order valence-electron chi connectivity index (χ0n) is 64.4. The molecule has 3 amide bonds. The highest BCUT2D eigenvalue weighted by Crippen LogP contribution is 2.47. The molecule has 0 bridgehead atoms. The highest BCUT2D eigenvalue weighted by atomic mass is 32.1. The van der Waals surface area contributed by atoms with Gasteiger partial charge in [0.2, 0.25) is 17.8 Å². The third kappa shape index (κ3) is 18.5. The molecular formula is C75H85F9N24O4S3. The predicted octanol–water partition coefficient (Wildman–Crippen LogP) is 13.1. The molecule has 0 saturated carbocycles. The summed E-state index contributed by atoms with van der Waals surface area (Å²) in [4.78, 5) is 99.2. The summed E-state index contributed by atoms with van der Waals surface area (Å²) in [5.41, 5.74) is 6.34.